The van der Waals surface area contributed by atoms with Gasteiger partial charge in [0.2, 0.25) is 0 Å². The van der Waals surface area contributed by atoms with Gasteiger partial charge in [0, 0.05) is 17.4 Å². The summed E-state index contributed by atoms with van der Waals surface area (Å²) in [6, 6.07) is 10.1. The van der Waals surface area contributed by atoms with Gasteiger partial charge in [-0.05, 0) is 74.8 Å². The van der Waals surface area contributed by atoms with Crippen LogP contribution in [0.5, 0.6) is 0 Å². The van der Waals surface area contributed by atoms with Crippen LogP contribution in [0.1, 0.15) is 70.4 Å². The minimum absolute atomic E-state index is 0.0776. The molecule has 3 heterocycles. The van der Waals surface area contributed by atoms with Crippen molar-refractivity contribution in [3.63, 3.8) is 0 Å². The Balaban J connectivity index is 0.00000112. The van der Waals surface area contributed by atoms with Gasteiger partial charge >= 0.3 is 0 Å². The van der Waals surface area contributed by atoms with E-state index in [0.717, 1.165) is 67.5 Å². The van der Waals surface area contributed by atoms with Crippen LogP contribution in [0.25, 0.3) is 16.9 Å². The molecule has 0 aliphatic heterocycles. The highest BCUT2D eigenvalue weighted by molar-refractivity contribution is 5.69. The van der Waals surface area contributed by atoms with Crippen molar-refractivity contribution in [2.24, 2.45) is 0 Å². The molecule has 0 aromatic carbocycles. The zero-order valence-electron chi connectivity index (χ0n) is 18.6. The molecule has 3 aromatic heterocycles. The van der Waals surface area contributed by atoms with Crippen LogP contribution < -0.4 is 5.32 Å². The lowest BCUT2D eigenvalue weighted by Gasteiger charge is -2.51. The Hall–Kier alpha value is -2.91. The maximum atomic E-state index is 10.5. The Bertz CT molecular complexity index is 1100. The zero-order valence-corrected chi connectivity index (χ0v) is 18.6. The monoisotopic (exact) mass is 417 g/mol. The first-order valence-corrected chi connectivity index (χ1v) is 11.4. The van der Waals surface area contributed by atoms with E-state index < -0.39 is 5.60 Å². The quantitative estimate of drug-likeness (QED) is 0.616. The molecular weight excluding hydrogens is 386 g/mol. The lowest BCUT2D eigenvalue weighted by molar-refractivity contribution is -0.0580. The van der Waals surface area contributed by atoms with E-state index >= 15 is 0 Å². The fraction of sp³-hybridized carbons (Fsp3) is 0.480. The number of hydrogen-bond acceptors (Lipinski definition) is 5. The lowest BCUT2D eigenvalue weighted by atomic mass is 9.63. The van der Waals surface area contributed by atoms with Crippen LogP contribution in [0.3, 0.4) is 0 Å². The second-order valence-corrected chi connectivity index (χ2v) is 8.62. The standard InChI is InChI=1S/C23H25N5O.C2H6/c1-2-17-15-25-20(21-4-3-18-11-16(13-24)14-26-28(18)21)12-19(17)27-22-5-8-23(29,9-6-22)10-7-22;1-2/h3-4,11-12,14-15,29H,2,5-10H2,1H3,(H,25,27);1-2H3. The lowest BCUT2D eigenvalue weighted by Crippen LogP contribution is -2.53. The van der Waals surface area contributed by atoms with E-state index in [1.807, 2.05) is 42.8 Å². The Kier molecular flexibility index (Phi) is 5.72. The highest BCUT2D eigenvalue weighted by atomic mass is 16.3. The first-order valence-electron chi connectivity index (χ1n) is 11.4. The molecule has 2 bridgehead atoms. The Morgan fingerprint density at radius 2 is 1.81 bits per heavy atom. The number of fused-ring (bicyclic) bond motifs is 4. The van der Waals surface area contributed by atoms with Crippen LogP contribution in [0.4, 0.5) is 5.69 Å². The van der Waals surface area contributed by atoms with Crippen molar-refractivity contribution in [1.29, 1.82) is 5.26 Å². The molecule has 6 nitrogen and oxygen atoms in total. The molecule has 6 heteroatoms. The van der Waals surface area contributed by atoms with Crippen LogP contribution in [-0.2, 0) is 6.42 Å². The molecule has 0 unspecified atom stereocenters. The third-order valence-corrected chi connectivity index (χ3v) is 6.87. The zero-order chi connectivity index (χ0) is 22.1. The van der Waals surface area contributed by atoms with Crippen molar-refractivity contribution < 1.29 is 5.11 Å². The van der Waals surface area contributed by atoms with Crippen LogP contribution in [0.2, 0.25) is 0 Å². The van der Waals surface area contributed by atoms with E-state index in [1.54, 1.807) is 6.20 Å². The molecule has 3 fully saturated rings. The molecular formula is C25H31N5O. The Labute approximate surface area is 183 Å². The number of aliphatic hydroxyl groups is 1. The van der Waals surface area contributed by atoms with Gasteiger partial charge in [0.15, 0.2) is 0 Å². The summed E-state index contributed by atoms with van der Waals surface area (Å²) < 4.78 is 1.83. The maximum Gasteiger partial charge on any atom is 0.101 e. The highest BCUT2D eigenvalue weighted by Gasteiger charge is 2.47. The van der Waals surface area contributed by atoms with Gasteiger partial charge in [0.25, 0.3) is 0 Å². The fourth-order valence-corrected chi connectivity index (χ4v) is 4.92. The SMILES string of the molecule is CC.CCc1cnc(-c2ccc3cc(C#N)cnn23)cc1NC12CCC(O)(CC1)CC2. The normalized spacial score (nSPS) is 24.4. The van der Waals surface area contributed by atoms with Crippen molar-refractivity contribution in [1.82, 2.24) is 14.6 Å². The summed E-state index contributed by atoms with van der Waals surface area (Å²) in [6.07, 6.45) is 10.1. The van der Waals surface area contributed by atoms with Crippen LogP contribution in [0, 0.1) is 11.3 Å². The van der Waals surface area contributed by atoms with Gasteiger partial charge in [-0.1, -0.05) is 20.8 Å². The molecule has 0 atom stereocenters. The summed E-state index contributed by atoms with van der Waals surface area (Å²) in [5, 5.41) is 27.9. The van der Waals surface area contributed by atoms with Crippen LogP contribution in [-0.4, -0.2) is 30.8 Å². The average Bonchev–Trinajstić information content (AvgIpc) is 3.24. The third kappa shape index (κ3) is 3.90. The number of aryl methyl sites for hydroxylation is 1. The number of nitrogens with zero attached hydrogens (tertiary/aromatic N) is 4. The van der Waals surface area contributed by atoms with Crippen molar-refractivity contribution in [3.05, 3.63) is 47.8 Å². The van der Waals surface area contributed by atoms with E-state index in [-0.39, 0.29) is 5.54 Å². The minimum atomic E-state index is -0.431. The molecule has 3 aliphatic carbocycles. The summed E-state index contributed by atoms with van der Waals surface area (Å²) in [6.45, 7) is 6.15. The number of rotatable bonds is 4. The predicted molar refractivity (Wildman–Crippen MR) is 123 cm³/mol. The second kappa shape index (κ2) is 8.32. The fourth-order valence-electron chi connectivity index (χ4n) is 4.92. The van der Waals surface area contributed by atoms with E-state index in [4.69, 9.17) is 10.2 Å². The van der Waals surface area contributed by atoms with Crippen molar-refractivity contribution in [2.75, 3.05) is 5.32 Å². The number of hydrogen-bond donors (Lipinski definition) is 2. The van der Waals surface area contributed by atoms with Gasteiger partial charge in [0.05, 0.1) is 34.3 Å². The van der Waals surface area contributed by atoms with E-state index in [0.29, 0.717) is 5.56 Å². The molecule has 0 saturated heterocycles. The maximum absolute atomic E-state index is 10.5. The Morgan fingerprint density at radius 3 is 2.45 bits per heavy atom. The van der Waals surface area contributed by atoms with Gasteiger partial charge in [0.1, 0.15) is 6.07 Å². The van der Waals surface area contributed by atoms with Crippen molar-refractivity contribution >= 4 is 11.2 Å². The summed E-state index contributed by atoms with van der Waals surface area (Å²) in [5.74, 6) is 0. The molecule has 0 radical (unpaired) electrons. The number of nitrogens with one attached hydrogen (secondary N) is 1. The summed E-state index contributed by atoms with van der Waals surface area (Å²) in [4.78, 5) is 4.70. The molecule has 0 spiro atoms. The van der Waals surface area contributed by atoms with Gasteiger partial charge in [-0.25, -0.2) is 4.52 Å². The molecule has 0 amide bonds. The van der Waals surface area contributed by atoms with E-state index in [1.165, 1.54) is 5.56 Å². The first kappa shape index (κ1) is 21.3. The Morgan fingerprint density at radius 1 is 1.10 bits per heavy atom. The van der Waals surface area contributed by atoms with E-state index in [9.17, 15) is 5.11 Å². The number of pyridine rings is 1. The molecule has 3 aliphatic rings. The van der Waals surface area contributed by atoms with Gasteiger partial charge < -0.3 is 10.4 Å². The largest absolute Gasteiger partial charge is 0.390 e. The van der Waals surface area contributed by atoms with E-state index in [2.05, 4.69) is 29.5 Å². The molecule has 162 valence electrons. The third-order valence-electron chi connectivity index (χ3n) is 6.87. The van der Waals surface area contributed by atoms with Crippen LogP contribution in [0.15, 0.2) is 36.7 Å². The molecule has 3 saturated carbocycles. The van der Waals surface area contributed by atoms with Gasteiger partial charge in [-0.15, -0.1) is 0 Å². The molecule has 3 aromatic rings. The minimum Gasteiger partial charge on any atom is -0.390 e. The first-order chi connectivity index (χ1) is 15.0. The van der Waals surface area contributed by atoms with Crippen molar-refractivity contribution in [3.8, 4) is 17.5 Å². The smallest absolute Gasteiger partial charge is 0.101 e. The van der Waals surface area contributed by atoms with Crippen molar-refractivity contribution in [2.45, 2.75) is 76.9 Å². The van der Waals surface area contributed by atoms with Crippen LogP contribution >= 0.6 is 0 Å². The number of anilines is 1. The second-order valence-electron chi connectivity index (χ2n) is 8.62. The highest BCUT2D eigenvalue weighted by Crippen LogP contribution is 2.48. The number of nitriles is 1. The summed E-state index contributed by atoms with van der Waals surface area (Å²) in [7, 11) is 0. The molecule has 2 N–H and O–H groups in total. The average molecular weight is 418 g/mol. The van der Waals surface area contributed by atoms with Gasteiger partial charge in [-0.3, -0.25) is 4.98 Å². The molecule has 31 heavy (non-hydrogen) atoms. The number of aromatic nitrogens is 3. The van der Waals surface area contributed by atoms with Gasteiger partial charge in [-0.2, -0.15) is 10.4 Å². The summed E-state index contributed by atoms with van der Waals surface area (Å²) >= 11 is 0. The predicted octanol–water partition coefficient (Wildman–Crippen LogP) is 5.11. The topological polar surface area (TPSA) is 86.2 Å². The summed E-state index contributed by atoms with van der Waals surface area (Å²) in [5.41, 5.74) is 5.19. The molecule has 6 rings (SSSR count).